The van der Waals surface area contributed by atoms with Gasteiger partial charge in [0.05, 0.1) is 12.6 Å². The Hall–Kier alpha value is -1.85. The van der Waals surface area contributed by atoms with E-state index in [1.165, 1.54) is 16.6 Å². The van der Waals surface area contributed by atoms with E-state index in [2.05, 4.69) is 63.6 Å². The molecule has 0 aliphatic carbocycles. The second-order valence-corrected chi connectivity index (χ2v) is 7.37. The average Bonchev–Trinajstić information content (AvgIpc) is 3.01. The molecule has 1 unspecified atom stereocenters. The van der Waals surface area contributed by atoms with Gasteiger partial charge in [0.15, 0.2) is 0 Å². The van der Waals surface area contributed by atoms with Gasteiger partial charge in [-0.3, -0.25) is 9.69 Å². The van der Waals surface area contributed by atoms with Gasteiger partial charge in [-0.25, -0.2) is 0 Å². The normalized spacial score (nSPS) is 20.6. The molecule has 1 aromatic heterocycles. The zero-order chi connectivity index (χ0) is 17.4. The minimum absolute atomic E-state index is 0.0321. The third-order valence-corrected chi connectivity index (χ3v) is 5.80. The van der Waals surface area contributed by atoms with Crippen molar-refractivity contribution in [1.29, 1.82) is 0 Å². The molecule has 5 heteroatoms. The van der Waals surface area contributed by atoms with E-state index < -0.39 is 0 Å². The van der Waals surface area contributed by atoms with Crippen LogP contribution in [0.3, 0.4) is 0 Å². The summed E-state index contributed by atoms with van der Waals surface area (Å²) in [6.45, 7) is 8.68. The lowest BCUT2D eigenvalue weighted by atomic mass is 10.1. The molecule has 2 aromatic rings. The molecule has 0 N–H and O–H groups in total. The number of fused-ring (bicyclic) bond motifs is 3. The molecule has 1 fully saturated rings. The summed E-state index contributed by atoms with van der Waals surface area (Å²) in [6, 6.07) is 10.8. The molecule has 0 saturated carbocycles. The van der Waals surface area contributed by atoms with Crippen LogP contribution in [0.5, 0.6) is 0 Å². The molecule has 1 aromatic carbocycles. The van der Waals surface area contributed by atoms with Gasteiger partial charge in [-0.15, -0.1) is 0 Å². The number of rotatable bonds is 3. The summed E-state index contributed by atoms with van der Waals surface area (Å²) in [5, 5.41) is 1.28. The van der Waals surface area contributed by atoms with Gasteiger partial charge in [-0.2, -0.15) is 0 Å². The molecular weight excluding hydrogens is 312 g/mol. The molecule has 1 atom stereocenters. The zero-order valence-electron chi connectivity index (χ0n) is 15.3. The average molecular weight is 340 g/mol. The van der Waals surface area contributed by atoms with Crippen LogP contribution in [0.4, 0.5) is 0 Å². The van der Waals surface area contributed by atoms with Crippen LogP contribution in [0, 0.1) is 0 Å². The predicted octanol–water partition coefficient (Wildman–Crippen LogP) is 2.01. The molecule has 5 nitrogen and oxygen atoms in total. The molecule has 2 aliphatic rings. The summed E-state index contributed by atoms with van der Waals surface area (Å²) in [5.74, 6) is 0.309. The number of para-hydroxylation sites is 1. The molecule has 25 heavy (non-hydrogen) atoms. The number of aromatic nitrogens is 1. The standard InChI is InChI=1S/C20H28N4O/c1-3-18(22-10-8-21(2)9-11-22)20(25)23-12-13-24-17(15-23)14-16-6-4-5-7-19(16)24/h4-7,14,18H,3,8-13,15H2,1-2H3. The molecule has 0 spiro atoms. The quantitative estimate of drug-likeness (QED) is 0.857. The van der Waals surface area contributed by atoms with Gasteiger partial charge in [0.1, 0.15) is 0 Å². The van der Waals surface area contributed by atoms with E-state index in [0.717, 1.165) is 52.2 Å². The third kappa shape index (κ3) is 3.07. The molecule has 1 saturated heterocycles. The van der Waals surface area contributed by atoms with Crippen molar-refractivity contribution in [2.45, 2.75) is 32.5 Å². The fourth-order valence-corrected chi connectivity index (χ4v) is 4.28. The van der Waals surface area contributed by atoms with Crippen LogP contribution >= 0.6 is 0 Å². The fraction of sp³-hybridized carbons (Fsp3) is 0.550. The van der Waals surface area contributed by atoms with Gasteiger partial charge in [-0.1, -0.05) is 25.1 Å². The fourth-order valence-electron chi connectivity index (χ4n) is 4.28. The molecule has 4 rings (SSSR count). The molecule has 2 aliphatic heterocycles. The number of likely N-dealkylation sites (N-methyl/N-ethyl adjacent to an activating group) is 1. The van der Waals surface area contributed by atoms with Gasteiger partial charge in [0.25, 0.3) is 0 Å². The number of nitrogens with zero attached hydrogens (tertiary/aromatic N) is 4. The first kappa shape index (κ1) is 16.6. The van der Waals surface area contributed by atoms with E-state index >= 15 is 0 Å². The summed E-state index contributed by atoms with van der Waals surface area (Å²) in [5.41, 5.74) is 2.55. The first-order valence-corrected chi connectivity index (χ1v) is 9.46. The van der Waals surface area contributed by atoms with Crippen LogP contribution in [0.15, 0.2) is 30.3 Å². The predicted molar refractivity (Wildman–Crippen MR) is 101 cm³/mol. The van der Waals surface area contributed by atoms with Gasteiger partial charge < -0.3 is 14.4 Å². The highest BCUT2D eigenvalue weighted by Gasteiger charge is 2.32. The molecule has 3 heterocycles. The molecule has 0 radical (unpaired) electrons. The van der Waals surface area contributed by atoms with E-state index in [4.69, 9.17) is 0 Å². The number of benzene rings is 1. The van der Waals surface area contributed by atoms with Crippen LogP contribution < -0.4 is 0 Å². The van der Waals surface area contributed by atoms with E-state index in [0.29, 0.717) is 5.91 Å². The minimum Gasteiger partial charge on any atom is -0.341 e. The van der Waals surface area contributed by atoms with Crippen molar-refractivity contribution < 1.29 is 4.79 Å². The second-order valence-electron chi connectivity index (χ2n) is 7.37. The van der Waals surface area contributed by atoms with E-state index in [-0.39, 0.29) is 6.04 Å². The Morgan fingerprint density at radius 2 is 1.84 bits per heavy atom. The summed E-state index contributed by atoms with van der Waals surface area (Å²) in [4.78, 5) is 20.0. The van der Waals surface area contributed by atoms with E-state index in [1.54, 1.807) is 0 Å². The maximum absolute atomic E-state index is 13.2. The third-order valence-electron chi connectivity index (χ3n) is 5.80. The lowest BCUT2D eigenvalue weighted by Gasteiger charge is -2.40. The lowest BCUT2D eigenvalue weighted by molar-refractivity contribution is -0.139. The largest absolute Gasteiger partial charge is 0.341 e. The zero-order valence-corrected chi connectivity index (χ0v) is 15.3. The Balaban J connectivity index is 1.51. The Bertz CT molecular complexity index is 760. The Morgan fingerprint density at radius 3 is 2.60 bits per heavy atom. The van der Waals surface area contributed by atoms with Gasteiger partial charge in [0, 0.05) is 50.5 Å². The Morgan fingerprint density at radius 1 is 1.08 bits per heavy atom. The highest BCUT2D eigenvalue weighted by Crippen LogP contribution is 2.25. The summed E-state index contributed by atoms with van der Waals surface area (Å²) < 4.78 is 2.37. The van der Waals surface area contributed by atoms with Crippen molar-refractivity contribution in [2.75, 3.05) is 39.8 Å². The summed E-state index contributed by atoms with van der Waals surface area (Å²) >= 11 is 0. The number of hydrogen-bond donors (Lipinski definition) is 0. The van der Waals surface area contributed by atoms with Crippen molar-refractivity contribution in [1.82, 2.24) is 19.3 Å². The van der Waals surface area contributed by atoms with Crippen LogP contribution in [0.1, 0.15) is 19.0 Å². The Labute approximate surface area is 149 Å². The topological polar surface area (TPSA) is 31.7 Å². The first-order chi connectivity index (χ1) is 12.2. The lowest BCUT2D eigenvalue weighted by Crippen LogP contribution is -2.55. The Kier molecular flexibility index (Phi) is 4.52. The number of hydrogen-bond acceptors (Lipinski definition) is 3. The molecule has 1 amide bonds. The molecule has 134 valence electrons. The van der Waals surface area contributed by atoms with Crippen LogP contribution in [0.25, 0.3) is 10.9 Å². The van der Waals surface area contributed by atoms with Crippen LogP contribution in [-0.4, -0.2) is 71.0 Å². The van der Waals surface area contributed by atoms with Gasteiger partial charge in [-0.05, 0) is 31.0 Å². The second kappa shape index (κ2) is 6.81. The van der Waals surface area contributed by atoms with Crippen molar-refractivity contribution in [3.05, 3.63) is 36.0 Å². The number of carbonyl (C=O) groups is 1. The molecular formula is C20H28N4O. The van der Waals surface area contributed by atoms with Crippen molar-refractivity contribution in [2.24, 2.45) is 0 Å². The number of piperazine rings is 1. The highest BCUT2D eigenvalue weighted by molar-refractivity contribution is 5.84. The number of carbonyl (C=O) groups excluding carboxylic acids is 1. The van der Waals surface area contributed by atoms with Crippen LogP contribution in [-0.2, 0) is 17.9 Å². The number of amides is 1. The van der Waals surface area contributed by atoms with Crippen molar-refractivity contribution in [3.63, 3.8) is 0 Å². The minimum atomic E-state index is 0.0321. The molecule has 0 bridgehead atoms. The SMILES string of the molecule is CCC(C(=O)N1CCn2c(cc3ccccc32)C1)N1CCN(C)CC1. The summed E-state index contributed by atoms with van der Waals surface area (Å²) in [6.07, 6.45) is 0.891. The maximum Gasteiger partial charge on any atom is 0.240 e. The van der Waals surface area contributed by atoms with Gasteiger partial charge in [0.2, 0.25) is 5.91 Å². The van der Waals surface area contributed by atoms with Crippen LogP contribution in [0.2, 0.25) is 0 Å². The first-order valence-electron chi connectivity index (χ1n) is 9.46. The van der Waals surface area contributed by atoms with Gasteiger partial charge >= 0.3 is 0 Å². The smallest absolute Gasteiger partial charge is 0.240 e. The van der Waals surface area contributed by atoms with Crippen molar-refractivity contribution in [3.8, 4) is 0 Å². The van der Waals surface area contributed by atoms with E-state index in [9.17, 15) is 4.79 Å². The monoisotopic (exact) mass is 340 g/mol. The van der Waals surface area contributed by atoms with Crippen molar-refractivity contribution >= 4 is 16.8 Å². The highest BCUT2D eigenvalue weighted by atomic mass is 16.2. The van der Waals surface area contributed by atoms with E-state index in [1.807, 2.05) is 0 Å². The maximum atomic E-state index is 13.2. The summed E-state index contributed by atoms with van der Waals surface area (Å²) in [7, 11) is 2.16.